The van der Waals surface area contributed by atoms with Gasteiger partial charge >= 0.3 is 0 Å². The van der Waals surface area contributed by atoms with Crippen molar-refractivity contribution in [2.75, 3.05) is 5.32 Å². The second kappa shape index (κ2) is 9.08. The van der Waals surface area contributed by atoms with Gasteiger partial charge in [0.15, 0.2) is 10.1 Å². The molecule has 1 N–H and O–H groups in total. The van der Waals surface area contributed by atoms with E-state index in [1.165, 1.54) is 11.3 Å². The van der Waals surface area contributed by atoms with Crippen molar-refractivity contribution in [2.45, 2.75) is 37.8 Å². The number of amides is 1. The summed E-state index contributed by atoms with van der Waals surface area (Å²) in [6.45, 7) is 7.92. The van der Waals surface area contributed by atoms with Gasteiger partial charge in [0.25, 0.3) is 5.91 Å². The number of aromatic nitrogens is 4. The Balaban J connectivity index is 1.49. The molecule has 0 aliphatic carbocycles. The minimum Gasteiger partial charge on any atom is -0.451 e. The van der Waals surface area contributed by atoms with Crippen LogP contribution in [0.5, 0.6) is 0 Å². The molecule has 1 amide bonds. The number of benzene rings is 2. The summed E-state index contributed by atoms with van der Waals surface area (Å²) in [7, 11) is 0. The number of hydrogen-bond acceptors (Lipinski definition) is 7. The summed E-state index contributed by atoms with van der Waals surface area (Å²) in [5, 5.41) is 17.7. The fourth-order valence-electron chi connectivity index (χ4n) is 3.93. The SMILES string of the molecule is Cc1cc(C)cc(-n2nc(C)cc2NC(=O)c2oc3ccccc3c2CSc2nnc(C)s2)c1. The van der Waals surface area contributed by atoms with Crippen molar-refractivity contribution in [3.05, 3.63) is 81.7 Å². The van der Waals surface area contributed by atoms with E-state index in [2.05, 4.69) is 26.7 Å². The predicted octanol–water partition coefficient (Wildman–Crippen LogP) is 6.25. The highest BCUT2D eigenvalue weighted by atomic mass is 32.2. The van der Waals surface area contributed by atoms with Gasteiger partial charge < -0.3 is 9.73 Å². The molecule has 5 rings (SSSR count). The van der Waals surface area contributed by atoms with Crippen molar-refractivity contribution in [3.63, 3.8) is 0 Å². The second-order valence-corrected chi connectivity index (χ2v) is 10.6. The number of carbonyl (C=O) groups excluding carboxylic acids is 1. The van der Waals surface area contributed by atoms with Crippen molar-refractivity contribution in [3.8, 4) is 5.69 Å². The zero-order valence-electron chi connectivity index (χ0n) is 19.2. The maximum absolute atomic E-state index is 13.5. The molecule has 5 aromatic rings. The van der Waals surface area contributed by atoms with Crippen LogP contribution < -0.4 is 5.32 Å². The molecule has 3 aromatic heterocycles. The molecule has 0 fully saturated rings. The van der Waals surface area contributed by atoms with Gasteiger partial charge in [0, 0.05) is 22.8 Å². The van der Waals surface area contributed by atoms with E-state index >= 15 is 0 Å². The number of nitrogens with one attached hydrogen (secondary N) is 1. The first-order valence-corrected chi connectivity index (χ1v) is 12.6. The van der Waals surface area contributed by atoms with Crippen LogP contribution in [0.1, 0.15) is 37.9 Å². The lowest BCUT2D eigenvalue weighted by Gasteiger charge is -2.10. The van der Waals surface area contributed by atoms with Gasteiger partial charge in [-0.1, -0.05) is 47.4 Å². The number of aryl methyl sites for hydroxylation is 4. The molecule has 0 saturated heterocycles. The summed E-state index contributed by atoms with van der Waals surface area (Å²) < 4.78 is 8.65. The van der Waals surface area contributed by atoms with Crippen LogP contribution in [0, 0.1) is 27.7 Å². The molecule has 34 heavy (non-hydrogen) atoms. The minimum atomic E-state index is -0.314. The van der Waals surface area contributed by atoms with Gasteiger partial charge in [-0.25, -0.2) is 4.68 Å². The highest BCUT2D eigenvalue weighted by Crippen LogP contribution is 2.33. The average Bonchev–Trinajstić information content (AvgIpc) is 3.48. The fraction of sp³-hybridized carbons (Fsp3) is 0.200. The Hall–Kier alpha value is -3.43. The number of nitrogens with zero attached hydrogens (tertiary/aromatic N) is 4. The van der Waals surface area contributed by atoms with Crippen molar-refractivity contribution >= 4 is 45.8 Å². The average molecular weight is 490 g/mol. The van der Waals surface area contributed by atoms with E-state index in [-0.39, 0.29) is 5.91 Å². The maximum atomic E-state index is 13.5. The Morgan fingerprint density at radius 2 is 1.82 bits per heavy atom. The van der Waals surface area contributed by atoms with Crippen LogP contribution in [0.15, 0.2) is 57.3 Å². The molecule has 9 heteroatoms. The summed E-state index contributed by atoms with van der Waals surface area (Å²) in [5.74, 6) is 1.11. The Morgan fingerprint density at radius 1 is 1.06 bits per heavy atom. The summed E-state index contributed by atoms with van der Waals surface area (Å²) in [6.07, 6.45) is 0. The minimum absolute atomic E-state index is 0.292. The van der Waals surface area contributed by atoms with E-state index in [1.54, 1.807) is 16.4 Å². The molecular weight excluding hydrogens is 466 g/mol. The lowest BCUT2D eigenvalue weighted by atomic mass is 10.1. The number of anilines is 1. The third kappa shape index (κ3) is 4.49. The number of furan rings is 1. The highest BCUT2D eigenvalue weighted by molar-refractivity contribution is 8.00. The molecule has 0 aliphatic rings. The van der Waals surface area contributed by atoms with E-state index in [4.69, 9.17) is 4.42 Å². The van der Waals surface area contributed by atoms with Gasteiger partial charge in [-0.2, -0.15) is 5.10 Å². The molecule has 0 bridgehead atoms. The number of hydrogen-bond donors (Lipinski definition) is 1. The zero-order valence-corrected chi connectivity index (χ0v) is 20.9. The maximum Gasteiger partial charge on any atom is 0.292 e. The van der Waals surface area contributed by atoms with Gasteiger partial charge in [-0.05, 0) is 57.0 Å². The molecule has 0 spiro atoms. The van der Waals surface area contributed by atoms with Gasteiger partial charge in [-0.15, -0.1) is 10.2 Å². The van der Waals surface area contributed by atoms with E-state index in [9.17, 15) is 4.79 Å². The number of para-hydroxylation sites is 1. The lowest BCUT2D eigenvalue weighted by molar-refractivity contribution is 0.0997. The molecule has 2 aromatic carbocycles. The Kier molecular flexibility index (Phi) is 5.97. The first kappa shape index (κ1) is 22.4. The standard InChI is InChI=1S/C25H23N5O2S2/c1-14-9-15(2)11-18(10-14)30-22(12-16(3)29-30)26-24(31)23-20(13-33-25-28-27-17(4)34-25)19-7-5-6-8-21(19)32-23/h5-12H,13H2,1-4H3,(H,26,31). The quantitative estimate of drug-likeness (QED) is 0.284. The van der Waals surface area contributed by atoms with Gasteiger partial charge in [-0.3, -0.25) is 4.79 Å². The first-order chi connectivity index (χ1) is 16.4. The van der Waals surface area contributed by atoms with Crippen LogP contribution in [0.2, 0.25) is 0 Å². The largest absolute Gasteiger partial charge is 0.451 e. The van der Waals surface area contributed by atoms with Crippen LogP contribution in [-0.4, -0.2) is 25.9 Å². The summed E-state index contributed by atoms with van der Waals surface area (Å²) in [6, 6.07) is 15.7. The molecule has 0 radical (unpaired) electrons. The Morgan fingerprint density at radius 3 is 2.56 bits per heavy atom. The van der Waals surface area contributed by atoms with Crippen LogP contribution in [0.4, 0.5) is 5.82 Å². The highest BCUT2D eigenvalue weighted by Gasteiger charge is 2.23. The molecule has 0 atom stereocenters. The van der Waals surface area contributed by atoms with Gasteiger partial charge in [0.05, 0.1) is 11.4 Å². The van der Waals surface area contributed by atoms with Gasteiger partial charge in [0.2, 0.25) is 0 Å². The summed E-state index contributed by atoms with van der Waals surface area (Å²) in [4.78, 5) is 13.5. The van der Waals surface area contributed by atoms with Crippen LogP contribution >= 0.6 is 23.1 Å². The molecule has 0 unspecified atom stereocenters. The van der Waals surface area contributed by atoms with E-state index in [0.717, 1.165) is 42.8 Å². The molecular formula is C25H23N5O2S2. The monoisotopic (exact) mass is 489 g/mol. The third-order valence-electron chi connectivity index (χ3n) is 5.28. The molecule has 3 heterocycles. The molecule has 0 saturated carbocycles. The summed E-state index contributed by atoms with van der Waals surface area (Å²) in [5.41, 5.74) is 5.47. The smallest absolute Gasteiger partial charge is 0.292 e. The van der Waals surface area contributed by atoms with Crippen LogP contribution in [-0.2, 0) is 5.75 Å². The summed E-state index contributed by atoms with van der Waals surface area (Å²) >= 11 is 3.08. The van der Waals surface area contributed by atoms with Crippen molar-refractivity contribution in [1.29, 1.82) is 0 Å². The van der Waals surface area contributed by atoms with Crippen molar-refractivity contribution in [2.24, 2.45) is 0 Å². The van der Waals surface area contributed by atoms with E-state index in [1.807, 2.05) is 70.2 Å². The van der Waals surface area contributed by atoms with Gasteiger partial charge in [0.1, 0.15) is 16.4 Å². The molecule has 7 nitrogen and oxygen atoms in total. The molecule has 0 aliphatic heterocycles. The number of fused-ring (bicyclic) bond motifs is 1. The Bertz CT molecular complexity index is 1490. The first-order valence-electron chi connectivity index (χ1n) is 10.8. The second-order valence-electron chi connectivity index (χ2n) is 8.16. The number of thioether (sulfide) groups is 1. The van der Waals surface area contributed by atoms with E-state index in [0.29, 0.717) is 22.9 Å². The third-order valence-corrected chi connectivity index (χ3v) is 7.27. The normalized spacial score (nSPS) is 11.3. The predicted molar refractivity (Wildman–Crippen MR) is 136 cm³/mol. The molecule has 172 valence electrons. The van der Waals surface area contributed by atoms with Crippen LogP contribution in [0.25, 0.3) is 16.7 Å². The van der Waals surface area contributed by atoms with Crippen molar-refractivity contribution < 1.29 is 9.21 Å². The fourth-order valence-corrected chi connectivity index (χ4v) is 5.77. The lowest BCUT2D eigenvalue weighted by Crippen LogP contribution is -2.16. The topological polar surface area (TPSA) is 85.8 Å². The van der Waals surface area contributed by atoms with Crippen LogP contribution in [0.3, 0.4) is 0 Å². The number of rotatable bonds is 6. The zero-order chi connectivity index (χ0) is 23.8. The Labute approximate surface area is 205 Å². The van der Waals surface area contributed by atoms with E-state index < -0.39 is 0 Å². The van der Waals surface area contributed by atoms with Crippen molar-refractivity contribution in [1.82, 2.24) is 20.0 Å². The number of carbonyl (C=O) groups is 1.